The number of benzene rings is 1. The smallest absolute Gasteiger partial charge is 0.220 e. The van der Waals surface area contributed by atoms with Gasteiger partial charge in [0.05, 0.1) is 29.2 Å². The fraction of sp³-hybridized carbons (Fsp3) is 0.450. The van der Waals surface area contributed by atoms with E-state index in [1.54, 1.807) is 12.3 Å². The van der Waals surface area contributed by atoms with Crippen molar-refractivity contribution in [2.45, 2.75) is 57.2 Å². The number of rotatable bonds is 5. The highest BCUT2D eigenvalue weighted by Gasteiger charge is 2.34. The molecule has 1 aliphatic rings. The van der Waals surface area contributed by atoms with Crippen LogP contribution in [0.5, 0.6) is 0 Å². The van der Waals surface area contributed by atoms with Gasteiger partial charge in [0.2, 0.25) is 5.91 Å². The van der Waals surface area contributed by atoms with Gasteiger partial charge >= 0.3 is 0 Å². The van der Waals surface area contributed by atoms with Crippen LogP contribution in [0.4, 0.5) is 0 Å². The third-order valence-electron chi connectivity index (χ3n) is 5.47. The number of aromatic amines is 1. The Bertz CT molecular complexity index is 982. The molecule has 3 aromatic rings. The number of hydrogen-bond donors (Lipinski definition) is 3. The number of nitrogens with zero attached hydrogens (tertiary/aromatic N) is 3. The van der Waals surface area contributed by atoms with Crippen LogP contribution in [0.2, 0.25) is 5.02 Å². The fourth-order valence-electron chi connectivity index (χ4n) is 4.02. The number of aromatic nitrogens is 4. The normalized spacial score (nSPS) is 22.5. The number of aliphatic hydroxyl groups is 1. The van der Waals surface area contributed by atoms with Gasteiger partial charge in [-0.3, -0.25) is 4.79 Å². The van der Waals surface area contributed by atoms with Crippen LogP contribution >= 0.6 is 11.6 Å². The maximum Gasteiger partial charge on any atom is 0.220 e. The van der Waals surface area contributed by atoms with E-state index in [2.05, 4.69) is 20.3 Å². The highest BCUT2D eigenvalue weighted by atomic mass is 35.5. The first-order valence-electron chi connectivity index (χ1n) is 9.62. The molecule has 1 aliphatic carbocycles. The van der Waals surface area contributed by atoms with Gasteiger partial charge in [0.1, 0.15) is 11.6 Å². The average Bonchev–Trinajstić information content (AvgIpc) is 3.27. The molecule has 3 atom stereocenters. The quantitative estimate of drug-likeness (QED) is 0.612. The zero-order valence-electron chi connectivity index (χ0n) is 15.7. The minimum atomic E-state index is -0.626. The van der Waals surface area contributed by atoms with Crippen LogP contribution < -0.4 is 5.32 Å². The van der Waals surface area contributed by atoms with Crippen molar-refractivity contribution in [1.29, 1.82) is 0 Å². The average molecular weight is 402 g/mol. The van der Waals surface area contributed by atoms with Gasteiger partial charge in [-0.1, -0.05) is 11.6 Å². The van der Waals surface area contributed by atoms with Crippen molar-refractivity contribution in [1.82, 2.24) is 24.8 Å². The maximum absolute atomic E-state index is 12.5. The maximum atomic E-state index is 12.5. The Balaban J connectivity index is 1.35. The molecule has 0 saturated heterocycles. The van der Waals surface area contributed by atoms with E-state index in [1.807, 2.05) is 29.8 Å². The van der Waals surface area contributed by atoms with E-state index in [-0.39, 0.29) is 18.0 Å². The van der Waals surface area contributed by atoms with Gasteiger partial charge in [0.15, 0.2) is 0 Å². The lowest BCUT2D eigenvalue weighted by atomic mass is 9.87. The molecule has 0 bridgehead atoms. The van der Waals surface area contributed by atoms with E-state index in [0.717, 1.165) is 41.9 Å². The number of carbonyl (C=O) groups excluding carboxylic acids is 1. The lowest BCUT2D eigenvalue weighted by Gasteiger charge is -2.36. The number of amides is 1. The molecule has 2 aromatic heterocycles. The number of hydrogen-bond acceptors (Lipinski definition) is 4. The lowest BCUT2D eigenvalue weighted by molar-refractivity contribution is -0.123. The number of aliphatic hydroxyl groups excluding tert-OH is 1. The van der Waals surface area contributed by atoms with Crippen LogP contribution in [-0.2, 0) is 11.2 Å². The predicted octanol–water partition coefficient (Wildman–Crippen LogP) is 2.92. The van der Waals surface area contributed by atoms with E-state index in [1.165, 1.54) is 0 Å². The minimum absolute atomic E-state index is 0.0540. The molecule has 1 amide bonds. The SMILES string of the molecule is Cc1nccn1[C@@H]1CCC[C@@H](NC(=O)CCc2nc3ccc(Cl)cc3[nH]2)[C@H]1O. The molecule has 7 nitrogen and oxygen atoms in total. The topological polar surface area (TPSA) is 95.8 Å². The Labute approximate surface area is 168 Å². The second-order valence-corrected chi connectivity index (χ2v) is 7.83. The fourth-order valence-corrected chi connectivity index (χ4v) is 4.19. The Morgan fingerprint density at radius 3 is 3.07 bits per heavy atom. The Hall–Kier alpha value is -2.38. The molecule has 8 heteroatoms. The molecule has 0 unspecified atom stereocenters. The van der Waals surface area contributed by atoms with Crippen molar-refractivity contribution in [2.75, 3.05) is 0 Å². The molecule has 0 radical (unpaired) electrons. The molecule has 2 heterocycles. The van der Waals surface area contributed by atoms with E-state index in [0.29, 0.717) is 17.9 Å². The summed E-state index contributed by atoms with van der Waals surface area (Å²) < 4.78 is 2.00. The molecule has 148 valence electrons. The number of H-pyrrole nitrogens is 1. The zero-order valence-corrected chi connectivity index (χ0v) is 16.5. The van der Waals surface area contributed by atoms with Gasteiger partial charge in [0.25, 0.3) is 0 Å². The second-order valence-electron chi connectivity index (χ2n) is 7.39. The van der Waals surface area contributed by atoms with Crippen molar-refractivity contribution in [3.63, 3.8) is 0 Å². The van der Waals surface area contributed by atoms with Gasteiger partial charge < -0.3 is 20.0 Å². The first-order chi connectivity index (χ1) is 13.5. The van der Waals surface area contributed by atoms with Crippen molar-refractivity contribution < 1.29 is 9.90 Å². The van der Waals surface area contributed by atoms with Crippen LogP contribution in [0.15, 0.2) is 30.6 Å². The Morgan fingerprint density at radius 1 is 1.43 bits per heavy atom. The van der Waals surface area contributed by atoms with Crippen LogP contribution in [0.25, 0.3) is 11.0 Å². The summed E-state index contributed by atoms with van der Waals surface area (Å²) in [5.74, 6) is 1.55. The summed E-state index contributed by atoms with van der Waals surface area (Å²) in [5, 5.41) is 14.4. The first-order valence-corrected chi connectivity index (χ1v) is 10.00. The highest BCUT2D eigenvalue weighted by molar-refractivity contribution is 6.31. The summed E-state index contributed by atoms with van der Waals surface area (Å²) >= 11 is 5.99. The van der Waals surface area contributed by atoms with Crippen molar-refractivity contribution in [3.8, 4) is 0 Å². The van der Waals surface area contributed by atoms with Crippen LogP contribution in [-0.4, -0.2) is 42.7 Å². The monoisotopic (exact) mass is 401 g/mol. The lowest BCUT2D eigenvalue weighted by Crippen LogP contribution is -2.49. The summed E-state index contributed by atoms with van der Waals surface area (Å²) in [6.07, 6.45) is 6.43. The van der Waals surface area contributed by atoms with E-state index < -0.39 is 6.10 Å². The number of aryl methyl sites for hydroxylation is 2. The largest absolute Gasteiger partial charge is 0.389 e. The van der Waals surface area contributed by atoms with Gasteiger partial charge in [-0.2, -0.15) is 0 Å². The van der Waals surface area contributed by atoms with E-state index in [4.69, 9.17) is 11.6 Å². The number of imidazole rings is 2. The van der Waals surface area contributed by atoms with Crippen LogP contribution in [0.3, 0.4) is 0 Å². The summed E-state index contributed by atoms with van der Waals surface area (Å²) in [7, 11) is 0. The molecule has 28 heavy (non-hydrogen) atoms. The molecular formula is C20H24ClN5O2. The zero-order chi connectivity index (χ0) is 19.7. The molecule has 1 fully saturated rings. The number of nitrogens with one attached hydrogen (secondary N) is 2. The van der Waals surface area contributed by atoms with Gasteiger partial charge in [-0.05, 0) is 44.4 Å². The summed E-state index contributed by atoms with van der Waals surface area (Å²) in [4.78, 5) is 24.4. The molecule has 0 spiro atoms. The van der Waals surface area contributed by atoms with Crippen LogP contribution in [0, 0.1) is 6.92 Å². The van der Waals surface area contributed by atoms with Crippen molar-refractivity contribution >= 4 is 28.5 Å². The molecule has 4 rings (SSSR count). The van der Waals surface area contributed by atoms with Gasteiger partial charge in [-0.25, -0.2) is 9.97 Å². The summed E-state index contributed by atoms with van der Waals surface area (Å²) in [6, 6.07) is 5.17. The highest BCUT2D eigenvalue weighted by Crippen LogP contribution is 2.30. The number of fused-ring (bicyclic) bond motifs is 1. The molecule has 1 saturated carbocycles. The standard InChI is InChI=1S/C20H24ClN5O2/c1-12-22-9-10-26(12)17-4-2-3-15(20(17)28)25-19(27)8-7-18-23-14-6-5-13(21)11-16(14)24-18/h5-6,9-11,15,17,20,28H,2-4,7-8H2,1H3,(H,23,24)(H,25,27)/t15-,17-,20-/m1/s1. The Morgan fingerprint density at radius 2 is 2.29 bits per heavy atom. The summed E-state index contributed by atoms with van der Waals surface area (Å²) in [5.41, 5.74) is 1.70. The van der Waals surface area contributed by atoms with Gasteiger partial charge in [0, 0.05) is 30.3 Å². The summed E-state index contributed by atoms with van der Waals surface area (Å²) in [6.45, 7) is 1.93. The van der Waals surface area contributed by atoms with Crippen molar-refractivity contribution in [2.24, 2.45) is 0 Å². The number of carbonyl (C=O) groups is 1. The first kappa shape index (κ1) is 19.0. The number of halogens is 1. The van der Waals surface area contributed by atoms with Crippen molar-refractivity contribution in [3.05, 3.63) is 47.3 Å². The van der Waals surface area contributed by atoms with Crippen LogP contribution in [0.1, 0.15) is 43.4 Å². The van der Waals surface area contributed by atoms with Gasteiger partial charge in [-0.15, -0.1) is 0 Å². The molecule has 3 N–H and O–H groups in total. The predicted molar refractivity (Wildman–Crippen MR) is 107 cm³/mol. The Kier molecular flexibility index (Phi) is 5.37. The third-order valence-corrected chi connectivity index (χ3v) is 5.70. The molecular weight excluding hydrogens is 378 g/mol. The third kappa shape index (κ3) is 3.91. The molecule has 0 aliphatic heterocycles. The van der Waals surface area contributed by atoms with E-state index >= 15 is 0 Å². The minimum Gasteiger partial charge on any atom is -0.389 e. The van der Waals surface area contributed by atoms with E-state index in [9.17, 15) is 9.90 Å². The second kappa shape index (κ2) is 7.93. The molecule has 1 aromatic carbocycles.